The van der Waals surface area contributed by atoms with Gasteiger partial charge in [0.25, 0.3) is 5.91 Å². The third-order valence-electron chi connectivity index (χ3n) is 4.68. The zero-order valence-electron chi connectivity index (χ0n) is 16.2. The first-order valence-electron chi connectivity index (χ1n) is 9.51. The second-order valence-electron chi connectivity index (χ2n) is 6.88. The van der Waals surface area contributed by atoms with Crippen LogP contribution in [-0.2, 0) is 19.3 Å². The van der Waals surface area contributed by atoms with E-state index in [0.29, 0.717) is 25.2 Å². The van der Waals surface area contributed by atoms with Gasteiger partial charge in [-0.1, -0.05) is 25.5 Å². The third kappa shape index (κ3) is 5.31. The molecule has 0 saturated carbocycles. The highest BCUT2D eigenvalue weighted by Gasteiger charge is 2.30. The fraction of sp³-hybridized carbons (Fsp3) is 0.318. The molecule has 2 heterocycles. The van der Waals surface area contributed by atoms with Gasteiger partial charge in [-0.15, -0.1) is 0 Å². The molecule has 4 nitrogen and oxygen atoms in total. The van der Waals surface area contributed by atoms with E-state index in [4.69, 9.17) is 4.42 Å². The lowest BCUT2D eigenvalue weighted by atomic mass is 10.1. The number of aromatic nitrogens is 1. The molecule has 0 atom stereocenters. The number of hydrogen-bond acceptors (Lipinski definition) is 2. The summed E-state index contributed by atoms with van der Waals surface area (Å²) < 4.78 is 46.0. The van der Waals surface area contributed by atoms with E-state index in [1.54, 1.807) is 23.1 Å². The van der Waals surface area contributed by atoms with Gasteiger partial charge in [-0.25, -0.2) is 0 Å². The van der Waals surface area contributed by atoms with E-state index >= 15 is 0 Å². The summed E-state index contributed by atoms with van der Waals surface area (Å²) in [6.45, 7) is 3.27. The van der Waals surface area contributed by atoms with Crippen molar-refractivity contribution >= 4 is 5.91 Å². The number of unbranched alkanes of at least 4 members (excludes halogenated alkanes) is 1. The van der Waals surface area contributed by atoms with Gasteiger partial charge < -0.3 is 13.9 Å². The SMILES string of the molecule is CCCCN(Cc1cccn1Cc1cccc(C(F)(F)F)c1)C(=O)c1ccco1. The lowest BCUT2D eigenvalue weighted by molar-refractivity contribution is -0.137. The molecule has 0 aliphatic rings. The molecule has 0 unspecified atom stereocenters. The van der Waals surface area contributed by atoms with Gasteiger partial charge in [0.1, 0.15) is 0 Å². The van der Waals surface area contributed by atoms with Crippen LogP contribution in [0.2, 0.25) is 0 Å². The van der Waals surface area contributed by atoms with Gasteiger partial charge in [-0.3, -0.25) is 4.79 Å². The highest BCUT2D eigenvalue weighted by atomic mass is 19.4. The van der Waals surface area contributed by atoms with Crippen LogP contribution in [0.5, 0.6) is 0 Å². The highest BCUT2D eigenvalue weighted by molar-refractivity contribution is 5.91. The number of nitrogens with zero attached hydrogens (tertiary/aromatic N) is 2. The minimum absolute atomic E-state index is 0.199. The van der Waals surface area contributed by atoms with Crippen molar-refractivity contribution in [1.82, 2.24) is 9.47 Å². The Morgan fingerprint density at radius 2 is 1.97 bits per heavy atom. The zero-order chi connectivity index (χ0) is 20.9. The standard InChI is InChI=1S/C22H23F3N2O2/c1-2-3-11-27(21(28)20-10-6-13-29-20)16-19-9-5-12-26(19)15-17-7-4-8-18(14-17)22(23,24)25/h4-10,12-14H,2-3,11,15-16H2,1H3. The number of halogens is 3. The van der Waals surface area contributed by atoms with Crippen LogP contribution >= 0.6 is 0 Å². The van der Waals surface area contributed by atoms with Crippen molar-refractivity contribution in [2.45, 2.75) is 39.0 Å². The molecule has 0 bridgehead atoms. The molecule has 1 aromatic carbocycles. The van der Waals surface area contributed by atoms with E-state index in [-0.39, 0.29) is 11.7 Å². The monoisotopic (exact) mass is 404 g/mol. The molecule has 0 saturated heterocycles. The van der Waals surface area contributed by atoms with Crippen LogP contribution in [0.1, 0.15) is 47.1 Å². The first-order chi connectivity index (χ1) is 13.9. The molecule has 0 aliphatic heterocycles. The minimum Gasteiger partial charge on any atom is -0.459 e. The van der Waals surface area contributed by atoms with Crippen molar-refractivity contribution in [3.05, 3.63) is 83.6 Å². The normalized spacial score (nSPS) is 11.6. The fourth-order valence-corrected chi connectivity index (χ4v) is 3.14. The van der Waals surface area contributed by atoms with Gasteiger partial charge in [-0.05, 0) is 48.4 Å². The number of carbonyl (C=O) groups is 1. The predicted octanol–water partition coefficient (Wildman–Crippen LogP) is 5.59. The Balaban J connectivity index is 1.78. The molecule has 3 aromatic rings. The fourth-order valence-electron chi connectivity index (χ4n) is 3.14. The Morgan fingerprint density at radius 3 is 2.66 bits per heavy atom. The van der Waals surface area contributed by atoms with Gasteiger partial charge >= 0.3 is 6.18 Å². The van der Waals surface area contributed by atoms with E-state index in [1.165, 1.54) is 12.3 Å². The van der Waals surface area contributed by atoms with Crippen molar-refractivity contribution in [3.8, 4) is 0 Å². The van der Waals surface area contributed by atoms with E-state index in [1.807, 2.05) is 29.8 Å². The molecule has 0 aliphatic carbocycles. The summed E-state index contributed by atoms with van der Waals surface area (Å²) in [5.41, 5.74) is 0.731. The van der Waals surface area contributed by atoms with Crippen LogP contribution in [0, 0.1) is 0 Å². The quantitative estimate of drug-likeness (QED) is 0.491. The van der Waals surface area contributed by atoms with E-state index in [0.717, 1.165) is 30.7 Å². The first kappa shape index (κ1) is 20.8. The number of carbonyl (C=O) groups excluding carboxylic acids is 1. The Hall–Kier alpha value is -2.96. The van der Waals surface area contributed by atoms with Crippen LogP contribution in [0.3, 0.4) is 0 Å². The molecule has 0 radical (unpaired) electrons. The largest absolute Gasteiger partial charge is 0.459 e. The molecule has 0 spiro atoms. The van der Waals surface area contributed by atoms with Crippen LogP contribution in [-0.4, -0.2) is 21.9 Å². The summed E-state index contributed by atoms with van der Waals surface area (Å²) in [4.78, 5) is 14.5. The zero-order valence-corrected chi connectivity index (χ0v) is 16.2. The maximum atomic E-state index is 13.0. The summed E-state index contributed by atoms with van der Waals surface area (Å²) >= 11 is 0. The molecule has 7 heteroatoms. The Kier molecular flexibility index (Phi) is 6.46. The minimum atomic E-state index is -4.37. The van der Waals surface area contributed by atoms with Crippen molar-refractivity contribution in [1.29, 1.82) is 0 Å². The number of alkyl halides is 3. The predicted molar refractivity (Wildman–Crippen MR) is 103 cm³/mol. The summed E-state index contributed by atoms with van der Waals surface area (Å²) in [5, 5.41) is 0. The van der Waals surface area contributed by atoms with Gasteiger partial charge in [0.05, 0.1) is 18.4 Å². The van der Waals surface area contributed by atoms with Crippen LogP contribution < -0.4 is 0 Å². The Labute approximate surface area is 167 Å². The maximum Gasteiger partial charge on any atom is 0.416 e. The summed E-state index contributed by atoms with van der Waals surface area (Å²) in [7, 11) is 0. The first-order valence-corrected chi connectivity index (χ1v) is 9.51. The van der Waals surface area contributed by atoms with Crippen LogP contribution in [0.25, 0.3) is 0 Å². The number of benzene rings is 1. The molecular formula is C22H23F3N2O2. The van der Waals surface area contributed by atoms with E-state index in [9.17, 15) is 18.0 Å². The number of hydrogen-bond donors (Lipinski definition) is 0. The molecule has 29 heavy (non-hydrogen) atoms. The van der Waals surface area contributed by atoms with Crippen molar-refractivity contribution in [2.24, 2.45) is 0 Å². The smallest absolute Gasteiger partial charge is 0.416 e. The van der Waals surface area contributed by atoms with E-state index in [2.05, 4.69) is 0 Å². The summed E-state index contributed by atoms with van der Waals surface area (Å²) in [6.07, 6.45) is 0.683. The van der Waals surface area contributed by atoms with Crippen molar-refractivity contribution in [3.63, 3.8) is 0 Å². The maximum absolute atomic E-state index is 13.0. The average molecular weight is 404 g/mol. The molecule has 0 fully saturated rings. The Bertz CT molecular complexity index is 930. The van der Waals surface area contributed by atoms with Gasteiger partial charge in [0.2, 0.25) is 0 Å². The van der Waals surface area contributed by atoms with Gasteiger partial charge in [-0.2, -0.15) is 13.2 Å². The third-order valence-corrected chi connectivity index (χ3v) is 4.68. The average Bonchev–Trinajstić information content (AvgIpc) is 3.36. The van der Waals surface area contributed by atoms with Crippen LogP contribution in [0.15, 0.2) is 65.4 Å². The molecule has 154 valence electrons. The lowest BCUT2D eigenvalue weighted by Gasteiger charge is -2.22. The number of furan rings is 1. The van der Waals surface area contributed by atoms with Crippen molar-refractivity contribution in [2.75, 3.05) is 6.54 Å². The lowest BCUT2D eigenvalue weighted by Crippen LogP contribution is -2.32. The second kappa shape index (κ2) is 9.03. The number of amides is 1. The van der Waals surface area contributed by atoms with Gasteiger partial charge in [0.15, 0.2) is 5.76 Å². The second-order valence-corrected chi connectivity index (χ2v) is 6.88. The summed E-state index contributed by atoms with van der Waals surface area (Å²) in [5.74, 6) is 0.0763. The molecule has 3 rings (SSSR count). The topological polar surface area (TPSA) is 38.4 Å². The van der Waals surface area contributed by atoms with Gasteiger partial charge in [0, 0.05) is 25.0 Å². The van der Waals surface area contributed by atoms with Crippen molar-refractivity contribution < 1.29 is 22.4 Å². The molecular weight excluding hydrogens is 381 g/mol. The Morgan fingerprint density at radius 1 is 1.14 bits per heavy atom. The highest BCUT2D eigenvalue weighted by Crippen LogP contribution is 2.29. The molecule has 0 N–H and O–H groups in total. The molecule has 2 aromatic heterocycles. The molecule has 1 amide bonds. The van der Waals surface area contributed by atoms with E-state index < -0.39 is 11.7 Å². The van der Waals surface area contributed by atoms with Crippen LogP contribution in [0.4, 0.5) is 13.2 Å². The summed E-state index contributed by atoms with van der Waals surface area (Å²) in [6, 6.07) is 12.3. The number of rotatable bonds is 8.